The molecule has 1 fully saturated rings. The molecule has 0 unspecified atom stereocenters. The fraction of sp³-hybridized carbons (Fsp3) is 0.450. The zero-order valence-electron chi connectivity index (χ0n) is 15.8. The number of alkyl halides is 2. The number of hydrogen-bond acceptors (Lipinski definition) is 5. The number of pyridine rings is 1. The molecular formula is C20H24F2N6. The van der Waals surface area contributed by atoms with Crippen LogP contribution in [0.5, 0.6) is 0 Å². The maximum absolute atomic E-state index is 14.6. The quantitative estimate of drug-likeness (QED) is 0.678. The Labute approximate surface area is 162 Å². The van der Waals surface area contributed by atoms with Gasteiger partial charge in [-0.1, -0.05) is 13.0 Å². The van der Waals surface area contributed by atoms with Crippen LogP contribution in [0.1, 0.15) is 31.0 Å². The topological polar surface area (TPSA) is 69.7 Å². The number of H-pyrrole nitrogens is 1. The zero-order chi connectivity index (χ0) is 19.6. The van der Waals surface area contributed by atoms with Gasteiger partial charge in [0.1, 0.15) is 23.5 Å². The van der Waals surface area contributed by atoms with Gasteiger partial charge in [-0.15, -0.1) is 0 Å². The van der Waals surface area contributed by atoms with Gasteiger partial charge in [-0.05, 0) is 37.0 Å². The number of rotatable bonds is 6. The van der Waals surface area contributed by atoms with Gasteiger partial charge >= 0.3 is 5.92 Å². The number of anilines is 1. The minimum absolute atomic E-state index is 0.152. The van der Waals surface area contributed by atoms with Crippen LogP contribution in [0.15, 0.2) is 36.9 Å². The smallest absolute Gasteiger partial charge is 0.302 e. The number of nitrogens with one attached hydrogen (secondary N) is 2. The summed E-state index contributed by atoms with van der Waals surface area (Å²) in [7, 11) is 0. The standard InChI is InChI=1S/C20H24F2N6/c1-2-14-3-4-17(24-11-14)20(21,22)12-28-9-6-15(7-10-28)27-19-16-5-8-23-18(16)25-13-26-19/h3-5,8,11,13,15H,2,6-7,9-10,12H2,1H3,(H2,23,25,26,27). The lowest BCUT2D eigenvalue weighted by Crippen LogP contribution is -2.44. The van der Waals surface area contributed by atoms with Crippen LogP contribution >= 0.6 is 0 Å². The van der Waals surface area contributed by atoms with Gasteiger partial charge in [0.05, 0.1) is 11.9 Å². The molecule has 0 spiro atoms. The lowest BCUT2D eigenvalue weighted by molar-refractivity contribution is -0.0457. The number of aromatic amines is 1. The predicted octanol–water partition coefficient (Wildman–Crippen LogP) is 3.58. The number of fused-ring (bicyclic) bond motifs is 1. The maximum atomic E-state index is 14.6. The SMILES string of the molecule is CCc1ccc(C(F)(F)CN2CCC(Nc3ncnc4[nH]ccc34)CC2)nc1. The number of halogens is 2. The summed E-state index contributed by atoms with van der Waals surface area (Å²) in [5.74, 6) is -2.16. The van der Waals surface area contributed by atoms with Gasteiger partial charge in [-0.3, -0.25) is 9.88 Å². The molecule has 8 heteroatoms. The third-order valence-electron chi connectivity index (χ3n) is 5.31. The molecule has 148 valence electrons. The summed E-state index contributed by atoms with van der Waals surface area (Å²) in [6.07, 6.45) is 7.26. The minimum atomic E-state index is -2.95. The highest BCUT2D eigenvalue weighted by molar-refractivity contribution is 5.86. The molecule has 4 heterocycles. The molecule has 28 heavy (non-hydrogen) atoms. The molecule has 2 N–H and O–H groups in total. The average Bonchev–Trinajstić information content (AvgIpc) is 3.19. The van der Waals surface area contributed by atoms with E-state index in [4.69, 9.17) is 0 Å². The maximum Gasteiger partial charge on any atom is 0.302 e. The molecule has 3 aromatic heterocycles. The van der Waals surface area contributed by atoms with Crippen LogP contribution in [-0.2, 0) is 12.3 Å². The first kappa shape index (κ1) is 18.7. The Balaban J connectivity index is 1.34. The number of piperidine rings is 1. The number of hydrogen-bond donors (Lipinski definition) is 2. The molecule has 1 aliphatic heterocycles. The third-order valence-corrected chi connectivity index (χ3v) is 5.31. The molecule has 4 rings (SSSR count). The molecule has 0 atom stereocenters. The van der Waals surface area contributed by atoms with Crippen molar-refractivity contribution in [3.63, 3.8) is 0 Å². The highest BCUT2D eigenvalue weighted by atomic mass is 19.3. The van der Waals surface area contributed by atoms with Crippen LogP contribution in [0.4, 0.5) is 14.6 Å². The van der Waals surface area contributed by atoms with E-state index in [1.54, 1.807) is 12.3 Å². The van der Waals surface area contributed by atoms with Gasteiger partial charge in [-0.25, -0.2) is 9.97 Å². The zero-order valence-corrected chi connectivity index (χ0v) is 15.8. The molecule has 0 bridgehead atoms. The molecule has 3 aromatic rings. The summed E-state index contributed by atoms with van der Waals surface area (Å²) < 4.78 is 29.2. The average molecular weight is 386 g/mol. The Hall–Kier alpha value is -2.61. The lowest BCUT2D eigenvalue weighted by atomic mass is 10.0. The Morgan fingerprint density at radius 3 is 2.71 bits per heavy atom. The van der Waals surface area contributed by atoms with Gasteiger partial charge in [0.25, 0.3) is 0 Å². The van der Waals surface area contributed by atoms with Crippen molar-refractivity contribution >= 4 is 16.9 Å². The summed E-state index contributed by atoms with van der Waals surface area (Å²) in [5, 5.41) is 4.38. The van der Waals surface area contributed by atoms with E-state index in [2.05, 4.69) is 25.3 Å². The molecule has 1 aliphatic rings. The molecule has 0 radical (unpaired) electrons. The van der Waals surface area contributed by atoms with Crippen LogP contribution in [-0.4, -0.2) is 50.5 Å². The lowest BCUT2D eigenvalue weighted by Gasteiger charge is -2.34. The Morgan fingerprint density at radius 2 is 2.00 bits per heavy atom. The van der Waals surface area contributed by atoms with E-state index in [1.807, 2.05) is 24.1 Å². The highest BCUT2D eigenvalue weighted by Gasteiger charge is 2.36. The first-order valence-corrected chi connectivity index (χ1v) is 9.65. The second-order valence-electron chi connectivity index (χ2n) is 7.27. The monoisotopic (exact) mass is 386 g/mol. The Morgan fingerprint density at radius 1 is 1.18 bits per heavy atom. The van der Waals surface area contributed by atoms with Crippen molar-refractivity contribution in [1.82, 2.24) is 24.8 Å². The normalized spacial score (nSPS) is 16.5. The van der Waals surface area contributed by atoms with Crippen molar-refractivity contribution in [1.29, 1.82) is 0 Å². The molecule has 0 aromatic carbocycles. The minimum Gasteiger partial charge on any atom is -0.367 e. The van der Waals surface area contributed by atoms with Gasteiger partial charge < -0.3 is 10.3 Å². The molecule has 0 aliphatic carbocycles. The number of aryl methyl sites for hydroxylation is 1. The largest absolute Gasteiger partial charge is 0.367 e. The van der Waals surface area contributed by atoms with Crippen molar-refractivity contribution in [2.45, 2.75) is 38.2 Å². The van der Waals surface area contributed by atoms with Crippen LogP contribution in [0, 0.1) is 0 Å². The van der Waals surface area contributed by atoms with Crippen molar-refractivity contribution in [2.75, 3.05) is 25.0 Å². The van der Waals surface area contributed by atoms with Crippen LogP contribution in [0.3, 0.4) is 0 Å². The molecule has 6 nitrogen and oxygen atoms in total. The molecule has 0 saturated carbocycles. The Bertz CT molecular complexity index is 916. The second-order valence-corrected chi connectivity index (χ2v) is 7.27. The molecule has 0 amide bonds. The summed E-state index contributed by atoms with van der Waals surface area (Å²) in [4.78, 5) is 17.4. The second kappa shape index (κ2) is 7.79. The summed E-state index contributed by atoms with van der Waals surface area (Å²) in [6.45, 7) is 2.91. The van der Waals surface area contributed by atoms with Crippen molar-refractivity contribution in [2.24, 2.45) is 0 Å². The fourth-order valence-electron chi connectivity index (χ4n) is 3.63. The first-order chi connectivity index (χ1) is 13.5. The van der Waals surface area contributed by atoms with Gasteiger partial charge in [0, 0.05) is 31.5 Å². The van der Waals surface area contributed by atoms with Gasteiger partial charge in [0.2, 0.25) is 0 Å². The number of likely N-dealkylation sites (tertiary alicyclic amines) is 1. The van der Waals surface area contributed by atoms with E-state index in [0.717, 1.165) is 41.7 Å². The van der Waals surface area contributed by atoms with E-state index in [1.165, 1.54) is 12.4 Å². The molecule has 1 saturated heterocycles. The summed E-state index contributed by atoms with van der Waals surface area (Å²) >= 11 is 0. The van der Waals surface area contributed by atoms with E-state index in [0.29, 0.717) is 13.1 Å². The predicted molar refractivity (Wildman–Crippen MR) is 104 cm³/mol. The van der Waals surface area contributed by atoms with Crippen molar-refractivity contribution < 1.29 is 8.78 Å². The van der Waals surface area contributed by atoms with Gasteiger partial charge in [-0.2, -0.15) is 8.78 Å². The summed E-state index contributed by atoms with van der Waals surface area (Å²) in [6, 6.07) is 5.32. The Kier molecular flexibility index (Phi) is 5.21. The van der Waals surface area contributed by atoms with Crippen LogP contribution in [0.25, 0.3) is 11.0 Å². The van der Waals surface area contributed by atoms with E-state index < -0.39 is 5.92 Å². The van der Waals surface area contributed by atoms with Crippen LogP contribution < -0.4 is 5.32 Å². The first-order valence-electron chi connectivity index (χ1n) is 9.65. The van der Waals surface area contributed by atoms with Crippen LogP contribution in [0.2, 0.25) is 0 Å². The number of nitrogens with zero attached hydrogens (tertiary/aromatic N) is 4. The van der Waals surface area contributed by atoms with Crippen molar-refractivity contribution in [3.8, 4) is 0 Å². The van der Waals surface area contributed by atoms with Gasteiger partial charge in [0.15, 0.2) is 0 Å². The van der Waals surface area contributed by atoms with E-state index in [-0.39, 0.29) is 18.3 Å². The van der Waals surface area contributed by atoms with E-state index in [9.17, 15) is 8.78 Å². The third kappa shape index (κ3) is 3.96. The van der Waals surface area contributed by atoms with Crippen molar-refractivity contribution in [3.05, 3.63) is 48.2 Å². The molecular weight excluding hydrogens is 362 g/mol. The summed E-state index contributed by atoms with van der Waals surface area (Å²) in [5.41, 5.74) is 1.60. The van der Waals surface area contributed by atoms with E-state index >= 15 is 0 Å². The number of aromatic nitrogens is 4. The fourth-order valence-corrected chi connectivity index (χ4v) is 3.63. The highest BCUT2D eigenvalue weighted by Crippen LogP contribution is 2.29.